The van der Waals surface area contributed by atoms with Crippen LogP contribution in [0.2, 0.25) is 0 Å². The second-order valence-electron chi connectivity index (χ2n) is 11.4. The summed E-state index contributed by atoms with van der Waals surface area (Å²) < 4.78 is 5.77. The predicted octanol–water partition coefficient (Wildman–Crippen LogP) is 8.83. The van der Waals surface area contributed by atoms with Crippen LogP contribution in [0.15, 0.2) is 85.5 Å². The minimum Gasteiger partial charge on any atom is -0.350 e. The fourth-order valence-corrected chi connectivity index (χ4v) is 7.52. The maximum atomic E-state index is 13.1. The number of nitrogens with one attached hydrogen (secondary N) is 1. The van der Waals surface area contributed by atoms with Gasteiger partial charge in [-0.15, -0.1) is 17.9 Å². The molecule has 1 aromatic heterocycles. The Labute approximate surface area is 257 Å². The largest absolute Gasteiger partial charge is 0.350 e. The molecule has 6 heteroatoms. The Bertz CT molecular complexity index is 1700. The summed E-state index contributed by atoms with van der Waals surface area (Å²) in [5.74, 6) is 0. The molecule has 2 heterocycles. The third-order valence-electron chi connectivity index (χ3n) is 8.62. The summed E-state index contributed by atoms with van der Waals surface area (Å²) in [5, 5.41) is 4.17. The van der Waals surface area contributed by atoms with Crippen LogP contribution < -0.4 is 10.4 Å². The van der Waals surface area contributed by atoms with Crippen molar-refractivity contribution in [3.63, 3.8) is 0 Å². The van der Waals surface area contributed by atoms with Crippen molar-refractivity contribution in [1.29, 1.82) is 0 Å². The highest BCUT2D eigenvalue weighted by Gasteiger charge is 2.25. The molecule has 1 atom stereocenters. The van der Waals surface area contributed by atoms with Crippen LogP contribution in [0.25, 0.3) is 33.2 Å². The topological polar surface area (TPSA) is 50.8 Å². The fourth-order valence-electron chi connectivity index (χ4n) is 6.47. The second-order valence-corrected chi connectivity index (χ2v) is 12.5. The quantitative estimate of drug-likeness (QED) is 0.173. The average Bonchev–Trinajstić information content (AvgIpc) is 3.57. The summed E-state index contributed by atoms with van der Waals surface area (Å²) in [6.07, 6.45) is 10.8. The predicted molar refractivity (Wildman–Crippen MR) is 176 cm³/mol. The molecule has 1 saturated heterocycles. The third-order valence-corrected chi connectivity index (χ3v) is 9.83. The van der Waals surface area contributed by atoms with Crippen molar-refractivity contribution >= 4 is 34.7 Å². The number of fused-ring (bicyclic) bond motifs is 5. The van der Waals surface area contributed by atoms with Crippen LogP contribution in [0.5, 0.6) is 0 Å². The molecule has 2 aliphatic carbocycles. The number of carbonyl (C=O) groups excluding carboxylic acids is 1. The summed E-state index contributed by atoms with van der Waals surface area (Å²) in [6, 6.07) is 25.6. The Morgan fingerprint density at radius 1 is 0.953 bits per heavy atom. The molecule has 5 nitrogen and oxygen atoms in total. The lowest BCUT2D eigenvalue weighted by atomic mass is 9.78. The number of thiophene rings is 1. The Morgan fingerprint density at radius 2 is 1.84 bits per heavy atom. The van der Waals surface area contributed by atoms with Gasteiger partial charge in [0.05, 0.1) is 5.69 Å². The monoisotopic (exact) mass is 588 g/mol. The molecule has 2 amide bonds. The summed E-state index contributed by atoms with van der Waals surface area (Å²) in [7, 11) is 0. The molecule has 1 aliphatic heterocycles. The van der Waals surface area contributed by atoms with Crippen molar-refractivity contribution in [2.45, 2.75) is 51.2 Å². The van der Waals surface area contributed by atoms with E-state index < -0.39 is 6.29 Å². The van der Waals surface area contributed by atoms with E-state index in [2.05, 4.69) is 72.6 Å². The Morgan fingerprint density at radius 3 is 2.72 bits per heavy atom. The molecule has 1 N–H and O–H groups in total. The van der Waals surface area contributed by atoms with E-state index in [1.54, 1.807) is 17.4 Å². The van der Waals surface area contributed by atoms with Gasteiger partial charge in [-0.3, -0.25) is 0 Å². The molecule has 0 bridgehead atoms. The lowest BCUT2D eigenvalue weighted by Gasteiger charge is -2.29. The van der Waals surface area contributed by atoms with Crippen LogP contribution >= 0.6 is 11.3 Å². The van der Waals surface area contributed by atoms with Crippen LogP contribution in [0.1, 0.15) is 52.8 Å². The summed E-state index contributed by atoms with van der Waals surface area (Å²) in [5.41, 5.74) is 11.8. The molecule has 3 aromatic carbocycles. The average molecular weight is 589 g/mol. The van der Waals surface area contributed by atoms with E-state index in [1.807, 2.05) is 18.2 Å². The number of hydrogen-bond donors (Lipinski definition) is 1. The zero-order valence-electron chi connectivity index (χ0n) is 24.3. The van der Waals surface area contributed by atoms with Gasteiger partial charge in [0, 0.05) is 29.3 Å². The van der Waals surface area contributed by atoms with E-state index in [1.165, 1.54) is 48.9 Å². The maximum absolute atomic E-state index is 13.1. The minimum absolute atomic E-state index is 0.338. The summed E-state index contributed by atoms with van der Waals surface area (Å²) >= 11 is 1.80. The van der Waals surface area contributed by atoms with Crippen LogP contribution in [0.3, 0.4) is 0 Å². The van der Waals surface area contributed by atoms with Crippen LogP contribution in [0.4, 0.5) is 10.5 Å². The van der Waals surface area contributed by atoms with E-state index in [-0.39, 0.29) is 6.03 Å². The van der Waals surface area contributed by atoms with Gasteiger partial charge in [-0.25, -0.2) is 9.63 Å². The van der Waals surface area contributed by atoms with Gasteiger partial charge in [0.15, 0.2) is 6.29 Å². The number of carbonyl (C=O) groups is 1. The highest BCUT2D eigenvalue weighted by Crippen LogP contribution is 2.42. The molecular weight excluding hydrogens is 552 g/mol. The van der Waals surface area contributed by atoms with Crippen molar-refractivity contribution in [1.82, 2.24) is 5.32 Å². The fraction of sp³-hybridized carbons (Fsp3) is 0.270. The van der Waals surface area contributed by atoms with Crippen molar-refractivity contribution in [3.05, 3.63) is 113 Å². The molecule has 1 unspecified atom stereocenters. The third kappa shape index (κ3) is 5.70. The van der Waals surface area contributed by atoms with Gasteiger partial charge in [-0.05, 0) is 107 Å². The number of benzene rings is 3. The molecule has 218 valence electrons. The van der Waals surface area contributed by atoms with Crippen molar-refractivity contribution < 1.29 is 14.4 Å². The summed E-state index contributed by atoms with van der Waals surface area (Å²) in [4.78, 5) is 21.6. The van der Waals surface area contributed by atoms with E-state index >= 15 is 0 Å². The van der Waals surface area contributed by atoms with E-state index in [0.717, 1.165) is 55.4 Å². The Balaban J connectivity index is 1.14. The first-order chi connectivity index (χ1) is 21.2. The van der Waals surface area contributed by atoms with Gasteiger partial charge >= 0.3 is 6.03 Å². The molecule has 0 saturated carbocycles. The standard InChI is InChI=1S/C37H36N2O3S/c1-2-21-38-37(40)39(42-36-12-5-6-22-41-36)29-10-7-9-27(24-29)34-19-20-35(43-34)28-15-16-31-26(23-28)14-18-32-30-11-4-3-8-25(30)13-17-33(31)32/h2-4,7-11,14,18-20,23-24,36H,1,5-6,12-13,15-17,21-22H2,(H,38,40). The molecule has 4 aromatic rings. The molecule has 0 spiro atoms. The SMILES string of the molecule is C=CCNC(=O)N(OC1CCCCO1)c1cccc(-c2ccc(C3=Cc4ccc5c(c4CC3)CCc3ccccc3-5)s2)c1. The first-order valence-electron chi connectivity index (χ1n) is 15.3. The van der Waals surface area contributed by atoms with Gasteiger partial charge in [0.2, 0.25) is 0 Å². The van der Waals surface area contributed by atoms with E-state index in [4.69, 9.17) is 9.57 Å². The number of hydrogen-bond acceptors (Lipinski definition) is 4. The number of anilines is 1. The van der Waals surface area contributed by atoms with Crippen LogP contribution in [0, 0.1) is 0 Å². The number of rotatable bonds is 7. The van der Waals surface area contributed by atoms with Gasteiger partial charge in [0.25, 0.3) is 0 Å². The number of ether oxygens (including phenoxy) is 1. The van der Waals surface area contributed by atoms with Crippen molar-refractivity contribution in [2.24, 2.45) is 0 Å². The lowest BCUT2D eigenvalue weighted by molar-refractivity contribution is -0.163. The highest BCUT2D eigenvalue weighted by molar-refractivity contribution is 7.16. The number of nitrogens with zero attached hydrogens (tertiary/aromatic N) is 1. The van der Waals surface area contributed by atoms with E-state index in [9.17, 15) is 4.79 Å². The van der Waals surface area contributed by atoms with Crippen LogP contribution in [-0.4, -0.2) is 25.5 Å². The molecule has 43 heavy (non-hydrogen) atoms. The Hall–Kier alpha value is -3.97. The first kappa shape index (κ1) is 27.8. The van der Waals surface area contributed by atoms with Gasteiger partial charge < -0.3 is 10.1 Å². The molecule has 3 aliphatic rings. The van der Waals surface area contributed by atoms with Crippen LogP contribution in [-0.2, 0) is 28.8 Å². The zero-order chi connectivity index (χ0) is 29.2. The number of aryl methyl sites for hydroxylation is 1. The highest BCUT2D eigenvalue weighted by atomic mass is 32.1. The molecule has 0 radical (unpaired) electrons. The smallest absolute Gasteiger partial charge is 0.346 e. The van der Waals surface area contributed by atoms with Gasteiger partial charge in [-0.1, -0.05) is 60.7 Å². The molecule has 7 rings (SSSR count). The van der Waals surface area contributed by atoms with Gasteiger partial charge in [-0.2, -0.15) is 5.06 Å². The van der Waals surface area contributed by atoms with Gasteiger partial charge in [0.1, 0.15) is 0 Å². The Kier molecular flexibility index (Phi) is 7.98. The molecular formula is C37H36N2O3S. The number of amides is 2. The second kappa shape index (κ2) is 12.3. The molecule has 1 fully saturated rings. The lowest BCUT2D eigenvalue weighted by Crippen LogP contribution is -2.43. The number of allylic oxidation sites excluding steroid dienone is 1. The normalized spacial score (nSPS) is 17.2. The number of urea groups is 1. The van der Waals surface area contributed by atoms with Crippen molar-refractivity contribution in [2.75, 3.05) is 18.2 Å². The van der Waals surface area contributed by atoms with E-state index in [0.29, 0.717) is 18.8 Å². The minimum atomic E-state index is -0.443. The number of hydroxylamine groups is 1. The maximum Gasteiger partial charge on any atom is 0.346 e. The zero-order valence-corrected chi connectivity index (χ0v) is 25.1. The first-order valence-corrected chi connectivity index (χ1v) is 16.1. The summed E-state index contributed by atoms with van der Waals surface area (Å²) in [6.45, 7) is 4.71. The van der Waals surface area contributed by atoms with Crippen molar-refractivity contribution in [3.8, 4) is 21.6 Å².